The molecule has 0 aliphatic rings. The molecule has 0 aromatic heterocycles. The Morgan fingerprint density at radius 2 is 1.85 bits per heavy atom. The van der Waals surface area contributed by atoms with Gasteiger partial charge in [0.1, 0.15) is 0 Å². The molecule has 4 heteroatoms. The fourth-order valence-electron chi connectivity index (χ4n) is 2.08. The summed E-state index contributed by atoms with van der Waals surface area (Å²) in [6, 6.07) is 10.2. The Kier molecular flexibility index (Phi) is 6.77. The van der Waals surface area contributed by atoms with Crippen molar-refractivity contribution in [1.29, 1.82) is 0 Å². The summed E-state index contributed by atoms with van der Waals surface area (Å²) in [4.78, 5) is 24.8. The van der Waals surface area contributed by atoms with E-state index in [0.29, 0.717) is 19.5 Å². The quantitative estimate of drug-likeness (QED) is 0.828. The zero-order valence-electron chi connectivity index (χ0n) is 12.6. The van der Waals surface area contributed by atoms with Crippen LogP contribution in [-0.2, 0) is 16.0 Å². The van der Waals surface area contributed by atoms with E-state index in [1.165, 1.54) is 12.5 Å². The van der Waals surface area contributed by atoms with Crippen LogP contribution in [0.4, 0.5) is 0 Å². The minimum absolute atomic E-state index is 0.00664. The van der Waals surface area contributed by atoms with Gasteiger partial charge in [0.05, 0.1) is 0 Å². The first kappa shape index (κ1) is 16.2. The summed E-state index contributed by atoms with van der Waals surface area (Å²) in [5.41, 5.74) is 1.21. The zero-order valence-corrected chi connectivity index (χ0v) is 12.6. The normalized spacial score (nSPS) is 10.4. The minimum atomic E-state index is -0.00664. The molecule has 0 bridgehead atoms. The van der Waals surface area contributed by atoms with Crippen LogP contribution in [0.2, 0.25) is 0 Å². The first-order valence-corrected chi connectivity index (χ1v) is 7.08. The SMILES string of the molecule is CC(=O)N(CCC(=O)NCCc1ccccc1)C(C)C. The number of carbonyl (C=O) groups excluding carboxylic acids is 2. The lowest BCUT2D eigenvalue weighted by molar-refractivity contribution is -0.131. The molecule has 0 spiro atoms. The Balaban J connectivity index is 2.25. The zero-order chi connectivity index (χ0) is 15.0. The van der Waals surface area contributed by atoms with Crippen LogP contribution < -0.4 is 5.32 Å². The smallest absolute Gasteiger partial charge is 0.221 e. The summed E-state index contributed by atoms with van der Waals surface area (Å²) >= 11 is 0. The third kappa shape index (κ3) is 5.87. The number of hydrogen-bond acceptors (Lipinski definition) is 2. The van der Waals surface area contributed by atoms with Gasteiger partial charge < -0.3 is 10.2 Å². The van der Waals surface area contributed by atoms with E-state index in [9.17, 15) is 9.59 Å². The molecule has 0 saturated heterocycles. The number of amides is 2. The Bertz CT molecular complexity index is 429. The molecule has 0 heterocycles. The maximum Gasteiger partial charge on any atom is 0.221 e. The number of nitrogens with zero attached hydrogens (tertiary/aromatic N) is 1. The average Bonchev–Trinajstić information content (AvgIpc) is 2.39. The van der Waals surface area contributed by atoms with E-state index < -0.39 is 0 Å². The Morgan fingerprint density at radius 3 is 2.40 bits per heavy atom. The lowest BCUT2D eigenvalue weighted by Gasteiger charge is -2.24. The number of carbonyl (C=O) groups is 2. The van der Waals surface area contributed by atoms with Crippen molar-refractivity contribution < 1.29 is 9.59 Å². The first-order valence-electron chi connectivity index (χ1n) is 7.08. The van der Waals surface area contributed by atoms with Gasteiger partial charge in [0.2, 0.25) is 11.8 Å². The second kappa shape index (κ2) is 8.35. The van der Waals surface area contributed by atoms with Crippen LogP contribution >= 0.6 is 0 Å². The van der Waals surface area contributed by atoms with Gasteiger partial charge in [-0.05, 0) is 25.8 Å². The largest absolute Gasteiger partial charge is 0.356 e. The van der Waals surface area contributed by atoms with Gasteiger partial charge >= 0.3 is 0 Å². The van der Waals surface area contributed by atoms with Crippen molar-refractivity contribution in [2.45, 2.75) is 39.7 Å². The molecule has 1 N–H and O–H groups in total. The molecule has 110 valence electrons. The molecule has 0 radical (unpaired) electrons. The molecule has 0 fully saturated rings. The Labute approximate surface area is 121 Å². The standard InChI is InChI=1S/C16H24N2O2/c1-13(2)18(14(3)19)12-10-16(20)17-11-9-15-7-5-4-6-8-15/h4-8,13H,9-12H2,1-3H3,(H,17,20). The summed E-state index contributed by atoms with van der Waals surface area (Å²) in [6.07, 6.45) is 1.18. The van der Waals surface area contributed by atoms with Crippen LogP contribution in [0.3, 0.4) is 0 Å². The molecule has 20 heavy (non-hydrogen) atoms. The Morgan fingerprint density at radius 1 is 1.20 bits per heavy atom. The van der Waals surface area contributed by atoms with Gasteiger partial charge in [-0.3, -0.25) is 9.59 Å². The summed E-state index contributed by atoms with van der Waals surface area (Å²) in [5, 5.41) is 2.89. The van der Waals surface area contributed by atoms with Gasteiger partial charge in [-0.25, -0.2) is 0 Å². The monoisotopic (exact) mass is 276 g/mol. The molecule has 4 nitrogen and oxygen atoms in total. The predicted molar refractivity (Wildman–Crippen MR) is 80.3 cm³/mol. The molecule has 0 unspecified atom stereocenters. The minimum Gasteiger partial charge on any atom is -0.356 e. The molecule has 0 atom stereocenters. The van der Waals surface area contributed by atoms with Gasteiger partial charge in [-0.1, -0.05) is 30.3 Å². The van der Waals surface area contributed by atoms with Crippen LogP contribution in [0.5, 0.6) is 0 Å². The summed E-state index contributed by atoms with van der Waals surface area (Å²) in [7, 11) is 0. The molecule has 1 rings (SSSR count). The van der Waals surface area contributed by atoms with Crippen LogP contribution in [-0.4, -0.2) is 35.8 Å². The molecule has 0 aliphatic carbocycles. The van der Waals surface area contributed by atoms with Gasteiger partial charge in [0.25, 0.3) is 0 Å². The first-order chi connectivity index (χ1) is 9.50. The maximum atomic E-state index is 11.7. The molecular weight excluding hydrogens is 252 g/mol. The van der Waals surface area contributed by atoms with E-state index in [1.807, 2.05) is 44.2 Å². The highest BCUT2D eigenvalue weighted by Crippen LogP contribution is 2.01. The second-order valence-corrected chi connectivity index (χ2v) is 5.14. The van der Waals surface area contributed by atoms with Crippen molar-refractivity contribution in [2.24, 2.45) is 0 Å². The van der Waals surface area contributed by atoms with Crippen molar-refractivity contribution >= 4 is 11.8 Å². The van der Waals surface area contributed by atoms with E-state index in [0.717, 1.165) is 6.42 Å². The van der Waals surface area contributed by atoms with E-state index in [-0.39, 0.29) is 17.9 Å². The van der Waals surface area contributed by atoms with Crippen molar-refractivity contribution in [2.75, 3.05) is 13.1 Å². The van der Waals surface area contributed by atoms with Crippen LogP contribution in [0, 0.1) is 0 Å². The van der Waals surface area contributed by atoms with Crippen molar-refractivity contribution in [3.8, 4) is 0 Å². The third-order valence-electron chi connectivity index (χ3n) is 3.19. The average molecular weight is 276 g/mol. The predicted octanol–water partition coefficient (Wildman–Crippen LogP) is 1.99. The van der Waals surface area contributed by atoms with Gasteiger partial charge in [-0.2, -0.15) is 0 Å². The molecule has 0 aliphatic heterocycles. The highest BCUT2D eigenvalue weighted by atomic mass is 16.2. The molecule has 1 aromatic rings. The summed E-state index contributed by atoms with van der Waals surface area (Å²) < 4.78 is 0. The summed E-state index contributed by atoms with van der Waals surface area (Å²) in [5.74, 6) is 0.00455. The molecular formula is C16H24N2O2. The van der Waals surface area contributed by atoms with E-state index >= 15 is 0 Å². The van der Waals surface area contributed by atoms with Gasteiger partial charge in [-0.15, -0.1) is 0 Å². The lowest BCUT2D eigenvalue weighted by atomic mass is 10.1. The van der Waals surface area contributed by atoms with Crippen molar-refractivity contribution in [3.63, 3.8) is 0 Å². The number of hydrogen-bond donors (Lipinski definition) is 1. The van der Waals surface area contributed by atoms with Crippen LogP contribution in [0.15, 0.2) is 30.3 Å². The number of benzene rings is 1. The second-order valence-electron chi connectivity index (χ2n) is 5.14. The highest BCUT2D eigenvalue weighted by Gasteiger charge is 2.13. The van der Waals surface area contributed by atoms with Gasteiger partial charge in [0, 0.05) is 32.5 Å². The molecule has 1 aromatic carbocycles. The topological polar surface area (TPSA) is 49.4 Å². The molecule has 2 amide bonds. The van der Waals surface area contributed by atoms with E-state index in [1.54, 1.807) is 4.90 Å². The van der Waals surface area contributed by atoms with Crippen LogP contribution in [0.1, 0.15) is 32.8 Å². The van der Waals surface area contributed by atoms with Crippen molar-refractivity contribution in [3.05, 3.63) is 35.9 Å². The summed E-state index contributed by atoms with van der Waals surface area (Å²) in [6.45, 7) is 6.55. The molecule has 0 saturated carbocycles. The lowest BCUT2D eigenvalue weighted by Crippen LogP contribution is -2.38. The third-order valence-corrected chi connectivity index (χ3v) is 3.19. The number of rotatable bonds is 7. The highest BCUT2D eigenvalue weighted by molar-refractivity contribution is 5.78. The number of nitrogens with one attached hydrogen (secondary N) is 1. The van der Waals surface area contributed by atoms with Crippen molar-refractivity contribution in [1.82, 2.24) is 10.2 Å². The Hall–Kier alpha value is -1.84. The van der Waals surface area contributed by atoms with Crippen LogP contribution in [0.25, 0.3) is 0 Å². The maximum absolute atomic E-state index is 11.7. The van der Waals surface area contributed by atoms with Gasteiger partial charge in [0.15, 0.2) is 0 Å². The fourth-order valence-corrected chi connectivity index (χ4v) is 2.08. The fraction of sp³-hybridized carbons (Fsp3) is 0.500. The van der Waals surface area contributed by atoms with E-state index in [2.05, 4.69) is 5.32 Å². The van der Waals surface area contributed by atoms with E-state index in [4.69, 9.17) is 0 Å².